The van der Waals surface area contributed by atoms with Gasteiger partial charge in [-0.15, -0.1) is 0 Å². The first kappa shape index (κ1) is 12.3. The molecule has 1 fully saturated rings. The van der Waals surface area contributed by atoms with Crippen molar-refractivity contribution in [1.82, 2.24) is 4.90 Å². The monoisotopic (exact) mass is 295 g/mol. The van der Waals surface area contributed by atoms with Gasteiger partial charge in [0.25, 0.3) is 0 Å². The van der Waals surface area contributed by atoms with Crippen LogP contribution in [-0.2, 0) is 16.1 Å². The first-order chi connectivity index (χ1) is 7.99. The summed E-state index contributed by atoms with van der Waals surface area (Å²) in [7, 11) is 0. The first-order valence-electron chi connectivity index (χ1n) is 5.58. The largest absolute Gasteiger partial charge is 0.278 e. The average molecular weight is 296 g/mol. The minimum atomic E-state index is -0.168. The van der Waals surface area contributed by atoms with Crippen molar-refractivity contribution in [1.29, 1.82) is 0 Å². The van der Waals surface area contributed by atoms with Gasteiger partial charge in [0.1, 0.15) is 0 Å². The highest BCUT2D eigenvalue weighted by molar-refractivity contribution is 9.10. The van der Waals surface area contributed by atoms with Gasteiger partial charge in [0.2, 0.25) is 11.8 Å². The maximum Gasteiger partial charge on any atom is 0.232 e. The zero-order valence-electron chi connectivity index (χ0n) is 9.87. The Hall–Kier alpha value is -1.16. The summed E-state index contributed by atoms with van der Waals surface area (Å²) in [5.41, 5.74) is 2.10. The molecule has 1 saturated heterocycles. The van der Waals surface area contributed by atoms with E-state index in [-0.39, 0.29) is 17.7 Å². The smallest absolute Gasteiger partial charge is 0.232 e. The Kier molecular flexibility index (Phi) is 3.33. The quantitative estimate of drug-likeness (QED) is 0.787. The lowest BCUT2D eigenvalue weighted by atomic mass is 10.1. The highest BCUT2D eigenvalue weighted by atomic mass is 79.9. The van der Waals surface area contributed by atoms with Gasteiger partial charge in [0.15, 0.2) is 0 Å². The molecule has 0 spiro atoms. The number of hydrogen-bond donors (Lipinski definition) is 0. The van der Waals surface area contributed by atoms with E-state index in [2.05, 4.69) is 15.9 Å². The second-order valence-electron chi connectivity index (χ2n) is 4.49. The van der Waals surface area contributed by atoms with Crippen molar-refractivity contribution in [2.24, 2.45) is 5.92 Å². The second kappa shape index (κ2) is 4.61. The van der Waals surface area contributed by atoms with Gasteiger partial charge >= 0.3 is 0 Å². The van der Waals surface area contributed by atoms with E-state index >= 15 is 0 Å². The number of aryl methyl sites for hydroxylation is 1. The van der Waals surface area contributed by atoms with E-state index < -0.39 is 0 Å². The molecule has 1 heterocycles. The summed E-state index contributed by atoms with van der Waals surface area (Å²) in [4.78, 5) is 24.8. The number of benzene rings is 1. The van der Waals surface area contributed by atoms with Crippen LogP contribution in [0.15, 0.2) is 22.7 Å². The molecule has 1 aliphatic rings. The lowest BCUT2D eigenvalue weighted by molar-refractivity contribution is -0.139. The summed E-state index contributed by atoms with van der Waals surface area (Å²) < 4.78 is 1.01. The van der Waals surface area contributed by atoms with E-state index in [1.54, 1.807) is 6.92 Å². The van der Waals surface area contributed by atoms with Crippen molar-refractivity contribution in [2.75, 3.05) is 0 Å². The zero-order chi connectivity index (χ0) is 12.6. The van der Waals surface area contributed by atoms with Crippen LogP contribution in [0, 0.1) is 12.8 Å². The zero-order valence-corrected chi connectivity index (χ0v) is 11.5. The summed E-state index contributed by atoms with van der Waals surface area (Å²) >= 11 is 3.39. The molecule has 4 heteroatoms. The number of likely N-dealkylation sites (tertiary alicyclic amines) is 1. The molecule has 17 heavy (non-hydrogen) atoms. The van der Waals surface area contributed by atoms with Crippen molar-refractivity contribution >= 4 is 27.7 Å². The molecule has 0 radical (unpaired) electrons. The summed E-state index contributed by atoms with van der Waals surface area (Å²) in [5.74, 6) is -0.291. The molecule has 0 aliphatic carbocycles. The topological polar surface area (TPSA) is 37.4 Å². The third kappa shape index (κ3) is 2.41. The molecule has 0 bridgehead atoms. The molecular weight excluding hydrogens is 282 g/mol. The Morgan fingerprint density at radius 2 is 2.12 bits per heavy atom. The third-order valence-corrected chi connectivity index (χ3v) is 3.60. The molecule has 2 amide bonds. The predicted octanol–water partition coefficient (Wildman–Crippen LogP) is 2.65. The van der Waals surface area contributed by atoms with E-state index in [0.29, 0.717) is 13.0 Å². The summed E-state index contributed by atoms with van der Waals surface area (Å²) in [5, 5.41) is 0. The van der Waals surface area contributed by atoms with Gasteiger partial charge in [-0.2, -0.15) is 0 Å². The molecule has 1 atom stereocenters. The predicted molar refractivity (Wildman–Crippen MR) is 68.2 cm³/mol. The number of imide groups is 1. The number of hydrogen-bond acceptors (Lipinski definition) is 2. The number of halogens is 1. The maximum atomic E-state index is 11.8. The number of carbonyl (C=O) groups excluding carboxylic acids is 2. The van der Waals surface area contributed by atoms with Gasteiger partial charge < -0.3 is 0 Å². The fourth-order valence-corrected chi connectivity index (χ4v) is 2.50. The molecule has 0 N–H and O–H groups in total. The Morgan fingerprint density at radius 3 is 2.65 bits per heavy atom. The minimum Gasteiger partial charge on any atom is -0.278 e. The molecule has 1 aromatic carbocycles. The molecule has 3 nitrogen and oxygen atoms in total. The molecule has 0 unspecified atom stereocenters. The van der Waals surface area contributed by atoms with Crippen molar-refractivity contribution in [3.8, 4) is 0 Å². The van der Waals surface area contributed by atoms with E-state index in [0.717, 1.165) is 15.6 Å². The fraction of sp³-hybridized carbons (Fsp3) is 0.385. The highest BCUT2D eigenvalue weighted by Gasteiger charge is 2.35. The third-order valence-electron chi connectivity index (χ3n) is 3.10. The number of carbonyl (C=O) groups is 2. The van der Waals surface area contributed by atoms with E-state index in [9.17, 15) is 9.59 Å². The van der Waals surface area contributed by atoms with Crippen molar-refractivity contribution in [3.05, 3.63) is 33.8 Å². The average Bonchev–Trinajstić information content (AvgIpc) is 2.48. The molecule has 90 valence electrons. The molecule has 1 aliphatic heterocycles. The summed E-state index contributed by atoms with van der Waals surface area (Å²) in [6.07, 6.45) is 0.342. The van der Waals surface area contributed by atoms with Crippen LogP contribution >= 0.6 is 15.9 Å². The molecule has 1 aromatic rings. The minimum absolute atomic E-state index is 0.0580. The van der Waals surface area contributed by atoms with Crippen LogP contribution < -0.4 is 0 Å². The fourth-order valence-electron chi connectivity index (χ4n) is 2.02. The van der Waals surface area contributed by atoms with Crippen molar-refractivity contribution in [2.45, 2.75) is 26.8 Å². The standard InChI is InChI=1S/C13H14BrNO2/c1-8-5-11(14)4-3-10(8)7-15-12(16)6-9(2)13(15)17/h3-5,9H,6-7H2,1-2H3/t9-/m1/s1. The second-order valence-corrected chi connectivity index (χ2v) is 5.41. The number of amides is 2. The van der Waals surface area contributed by atoms with Crippen LogP contribution in [0.5, 0.6) is 0 Å². The van der Waals surface area contributed by atoms with Crippen LogP contribution in [0.3, 0.4) is 0 Å². The first-order valence-corrected chi connectivity index (χ1v) is 6.37. The Balaban J connectivity index is 2.21. The summed E-state index contributed by atoms with van der Waals surface area (Å²) in [6.45, 7) is 4.17. The van der Waals surface area contributed by atoms with Gasteiger partial charge in [0.05, 0.1) is 6.54 Å². The SMILES string of the molecule is Cc1cc(Br)ccc1CN1C(=O)C[C@@H](C)C1=O. The van der Waals surface area contributed by atoms with Crippen LogP contribution in [0.2, 0.25) is 0 Å². The van der Waals surface area contributed by atoms with Crippen LogP contribution in [-0.4, -0.2) is 16.7 Å². The van der Waals surface area contributed by atoms with E-state index in [1.165, 1.54) is 4.90 Å². The number of nitrogens with zero attached hydrogens (tertiary/aromatic N) is 1. The van der Waals surface area contributed by atoms with Crippen LogP contribution in [0.25, 0.3) is 0 Å². The van der Waals surface area contributed by atoms with Gasteiger partial charge in [0, 0.05) is 16.8 Å². The molecule has 0 saturated carbocycles. The van der Waals surface area contributed by atoms with Gasteiger partial charge in [-0.3, -0.25) is 14.5 Å². The van der Waals surface area contributed by atoms with Gasteiger partial charge in [-0.1, -0.05) is 28.9 Å². The highest BCUT2D eigenvalue weighted by Crippen LogP contribution is 2.23. The lowest BCUT2D eigenvalue weighted by Gasteiger charge is -2.16. The van der Waals surface area contributed by atoms with Gasteiger partial charge in [-0.05, 0) is 30.2 Å². The van der Waals surface area contributed by atoms with Crippen molar-refractivity contribution in [3.63, 3.8) is 0 Å². The van der Waals surface area contributed by atoms with E-state index in [4.69, 9.17) is 0 Å². The van der Waals surface area contributed by atoms with E-state index in [1.807, 2.05) is 25.1 Å². The Labute approximate surface area is 109 Å². The lowest BCUT2D eigenvalue weighted by Crippen LogP contribution is -2.29. The maximum absolute atomic E-state index is 11.8. The molecule has 2 rings (SSSR count). The van der Waals surface area contributed by atoms with Crippen LogP contribution in [0.4, 0.5) is 0 Å². The van der Waals surface area contributed by atoms with Crippen LogP contribution in [0.1, 0.15) is 24.5 Å². The normalized spacial score (nSPS) is 20.2. The molecule has 0 aromatic heterocycles. The Morgan fingerprint density at radius 1 is 1.41 bits per heavy atom. The molecular formula is C13H14BrNO2. The van der Waals surface area contributed by atoms with Gasteiger partial charge in [-0.25, -0.2) is 0 Å². The Bertz CT molecular complexity index is 484. The summed E-state index contributed by atoms with van der Waals surface area (Å²) in [6, 6.07) is 5.86. The number of rotatable bonds is 2. The van der Waals surface area contributed by atoms with Crippen molar-refractivity contribution < 1.29 is 9.59 Å².